The summed E-state index contributed by atoms with van der Waals surface area (Å²) in [7, 11) is -7.43. The molecule has 1 heterocycles. The van der Waals surface area contributed by atoms with Crippen molar-refractivity contribution in [1.29, 1.82) is 0 Å². The van der Waals surface area contributed by atoms with Gasteiger partial charge in [-0.1, -0.05) is 48.4 Å². The SMILES string of the molecule is CCCC1(N)C(=O)C(C2=NS(O)(O)c3cc(NS(C)(=O)=O)ccc3N2)=C(O)c2ccccc21. The molecule has 176 valence electrons. The minimum Gasteiger partial charge on any atom is -0.506 e. The number of rotatable bonds is 5. The second-order valence-corrected chi connectivity index (χ2v) is 11.4. The first-order valence-electron chi connectivity index (χ1n) is 10.0. The molecule has 2 aromatic rings. The number of aliphatic hydroxyl groups excluding tert-OH is 1. The Balaban J connectivity index is 1.85. The fraction of sp³-hybridized carbons (Fsp3) is 0.238. The summed E-state index contributed by atoms with van der Waals surface area (Å²) >= 11 is 0. The Morgan fingerprint density at radius 1 is 1.21 bits per heavy atom. The number of carbonyl (C=O) groups excluding carboxylic acids is 1. The van der Waals surface area contributed by atoms with Crippen LogP contribution in [0, 0.1) is 0 Å². The number of hydrogen-bond acceptors (Lipinski definition) is 9. The third-order valence-corrected chi connectivity index (χ3v) is 7.44. The second-order valence-electron chi connectivity index (χ2n) is 7.99. The van der Waals surface area contributed by atoms with Crippen LogP contribution in [0.3, 0.4) is 0 Å². The second kappa shape index (κ2) is 7.85. The first kappa shape index (κ1) is 23.3. The molecule has 0 spiro atoms. The standard InChI is InChI=1S/C21H24N4O6S2/c1-3-10-21(22)14-7-5-4-6-13(14)18(26)17(19(21)27)20-23-15-9-8-12(24-32(2,28)29)11-16(15)33(30,31)25-20/h4-9,11,24,26,30-31H,3,10,22H2,1-2H3,(H,23,25). The fourth-order valence-corrected chi connectivity index (χ4v) is 5.84. The highest BCUT2D eigenvalue weighted by Gasteiger charge is 2.46. The third kappa shape index (κ3) is 4.00. The molecule has 0 saturated carbocycles. The summed E-state index contributed by atoms with van der Waals surface area (Å²) in [5.41, 5.74) is 6.06. The molecule has 0 bridgehead atoms. The maximum atomic E-state index is 13.5. The van der Waals surface area contributed by atoms with E-state index in [1.807, 2.05) is 6.92 Å². The number of anilines is 2. The molecule has 1 unspecified atom stereocenters. The fourth-order valence-electron chi connectivity index (χ4n) is 4.09. The van der Waals surface area contributed by atoms with E-state index < -0.39 is 32.1 Å². The Hall–Kier alpha value is -2.90. The van der Waals surface area contributed by atoms with E-state index in [9.17, 15) is 27.4 Å². The number of hydrogen-bond donors (Lipinski definition) is 6. The predicted octanol–water partition coefficient (Wildman–Crippen LogP) is 3.41. The van der Waals surface area contributed by atoms with Crippen molar-refractivity contribution in [2.75, 3.05) is 16.3 Å². The van der Waals surface area contributed by atoms with Crippen molar-refractivity contribution in [3.05, 3.63) is 59.2 Å². The van der Waals surface area contributed by atoms with Crippen LogP contribution in [0.2, 0.25) is 0 Å². The number of Topliss-reactive ketones (excluding diaryl/α,β-unsaturated/α-hetero) is 1. The topological polar surface area (TPSA) is 174 Å². The van der Waals surface area contributed by atoms with E-state index in [2.05, 4.69) is 14.4 Å². The number of carbonyl (C=O) groups is 1. The number of nitrogens with zero attached hydrogens (tertiary/aromatic N) is 1. The maximum absolute atomic E-state index is 13.5. The highest BCUT2D eigenvalue weighted by atomic mass is 32.3. The summed E-state index contributed by atoms with van der Waals surface area (Å²) in [5, 5.41) is 13.8. The van der Waals surface area contributed by atoms with Gasteiger partial charge in [0.15, 0.2) is 11.6 Å². The van der Waals surface area contributed by atoms with Gasteiger partial charge in [0, 0.05) is 5.56 Å². The molecule has 10 nitrogen and oxygen atoms in total. The molecular weight excluding hydrogens is 468 g/mol. The van der Waals surface area contributed by atoms with Crippen LogP contribution in [-0.4, -0.2) is 40.5 Å². The van der Waals surface area contributed by atoms with E-state index in [0.717, 1.165) is 6.26 Å². The quantitative estimate of drug-likeness (QED) is 0.368. The van der Waals surface area contributed by atoms with Crippen LogP contribution >= 0.6 is 10.8 Å². The van der Waals surface area contributed by atoms with Crippen LogP contribution in [-0.2, 0) is 20.4 Å². The predicted molar refractivity (Wildman–Crippen MR) is 129 cm³/mol. The highest BCUT2D eigenvalue weighted by molar-refractivity contribution is 8.23. The molecule has 1 atom stereocenters. The Morgan fingerprint density at radius 3 is 2.58 bits per heavy atom. The van der Waals surface area contributed by atoms with Crippen molar-refractivity contribution < 1.29 is 27.4 Å². The van der Waals surface area contributed by atoms with Gasteiger partial charge in [-0.15, -0.1) is 4.40 Å². The molecule has 0 saturated heterocycles. The molecule has 2 aliphatic rings. The Bertz CT molecular complexity index is 1340. The summed E-state index contributed by atoms with van der Waals surface area (Å²) in [4.78, 5) is 13.5. The molecule has 0 fully saturated rings. The van der Waals surface area contributed by atoms with Crippen LogP contribution < -0.4 is 15.8 Å². The largest absolute Gasteiger partial charge is 0.506 e. The van der Waals surface area contributed by atoms with Crippen molar-refractivity contribution in [3.63, 3.8) is 0 Å². The van der Waals surface area contributed by atoms with Gasteiger partial charge < -0.3 is 16.2 Å². The van der Waals surface area contributed by atoms with Gasteiger partial charge in [-0.05, 0) is 30.2 Å². The van der Waals surface area contributed by atoms with Crippen LogP contribution in [0.1, 0.15) is 30.9 Å². The molecule has 0 radical (unpaired) electrons. The summed E-state index contributed by atoms with van der Waals surface area (Å²) in [6.07, 6.45) is 1.87. The van der Waals surface area contributed by atoms with E-state index in [0.29, 0.717) is 24.0 Å². The average Bonchev–Trinajstić information content (AvgIpc) is 2.72. The lowest BCUT2D eigenvalue weighted by atomic mass is 9.73. The smallest absolute Gasteiger partial charge is 0.229 e. The molecule has 33 heavy (non-hydrogen) atoms. The molecule has 4 rings (SSSR count). The molecule has 0 aromatic heterocycles. The Labute approximate surface area is 192 Å². The minimum atomic E-state index is -3.84. The number of aliphatic hydroxyl groups is 1. The van der Waals surface area contributed by atoms with E-state index in [4.69, 9.17) is 5.73 Å². The molecule has 12 heteroatoms. The summed E-state index contributed by atoms with van der Waals surface area (Å²) in [5.74, 6) is -1.19. The number of amidine groups is 1. The minimum absolute atomic E-state index is 0.0591. The van der Waals surface area contributed by atoms with Gasteiger partial charge in [-0.3, -0.25) is 18.6 Å². The zero-order valence-electron chi connectivity index (χ0n) is 17.9. The molecule has 7 N–H and O–H groups in total. The first-order chi connectivity index (χ1) is 15.4. The number of sulfonamides is 1. The van der Waals surface area contributed by atoms with Gasteiger partial charge in [0.1, 0.15) is 21.8 Å². The number of nitrogens with two attached hydrogens (primary N) is 1. The van der Waals surface area contributed by atoms with Gasteiger partial charge >= 0.3 is 0 Å². The third-order valence-electron chi connectivity index (χ3n) is 5.46. The van der Waals surface area contributed by atoms with Gasteiger partial charge in [-0.2, -0.15) is 0 Å². The van der Waals surface area contributed by atoms with Crippen molar-refractivity contribution in [2.24, 2.45) is 10.1 Å². The monoisotopic (exact) mass is 492 g/mol. The first-order valence-corrected chi connectivity index (χ1v) is 13.4. The maximum Gasteiger partial charge on any atom is 0.229 e. The molecule has 1 aliphatic heterocycles. The zero-order chi connectivity index (χ0) is 24.2. The van der Waals surface area contributed by atoms with Crippen LogP contribution in [0.15, 0.2) is 57.3 Å². The van der Waals surface area contributed by atoms with Crippen molar-refractivity contribution >= 4 is 49.6 Å². The van der Waals surface area contributed by atoms with Crippen LogP contribution in [0.4, 0.5) is 11.4 Å². The Kier molecular flexibility index (Phi) is 5.53. The molecule has 1 aliphatic carbocycles. The number of fused-ring (bicyclic) bond motifs is 2. The van der Waals surface area contributed by atoms with E-state index in [1.54, 1.807) is 24.3 Å². The van der Waals surface area contributed by atoms with Gasteiger partial charge in [0.2, 0.25) is 10.0 Å². The van der Waals surface area contributed by atoms with Gasteiger partial charge in [-0.25, -0.2) is 8.42 Å². The molecular formula is C21H24N4O6S2. The lowest BCUT2D eigenvalue weighted by Crippen LogP contribution is -2.50. The Morgan fingerprint density at radius 2 is 1.91 bits per heavy atom. The molecule has 2 aromatic carbocycles. The number of ketones is 1. The van der Waals surface area contributed by atoms with Gasteiger partial charge in [0.25, 0.3) is 0 Å². The lowest BCUT2D eigenvalue weighted by Gasteiger charge is -2.38. The van der Waals surface area contributed by atoms with Crippen LogP contribution in [0.5, 0.6) is 0 Å². The van der Waals surface area contributed by atoms with Gasteiger partial charge in [0.05, 0.1) is 17.6 Å². The van der Waals surface area contributed by atoms with Crippen molar-refractivity contribution in [1.82, 2.24) is 0 Å². The number of benzene rings is 2. The summed E-state index contributed by atoms with van der Waals surface area (Å²) < 4.78 is 50.7. The van der Waals surface area contributed by atoms with Crippen molar-refractivity contribution in [2.45, 2.75) is 30.2 Å². The highest BCUT2D eigenvalue weighted by Crippen LogP contribution is 2.56. The van der Waals surface area contributed by atoms with E-state index in [-0.39, 0.29) is 33.4 Å². The van der Waals surface area contributed by atoms with E-state index >= 15 is 0 Å². The zero-order valence-corrected chi connectivity index (χ0v) is 19.5. The lowest BCUT2D eigenvalue weighted by molar-refractivity contribution is -0.120. The summed E-state index contributed by atoms with van der Waals surface area (Å²) in [6, 6.07) is 10.8. The average molecular weight is 493 g/mol. The van der Waals surface area contributed by atoms with Crippen LogP contribution in [0.25, 0.3) is 5.76 Å². The normalized spacial score (nSPS) is 22.6. The van der Waals surface area contributed by atoms with Crippen molar-refractivity contribution in [3.8, 4) is 0 Å². The molecule has 0 amide bonds. The summed E-state index contributed by atoms with van der Waals surface area (Å²) in [6.45, 7) is 1.88. The van der Waals surface area contributed by atoms with E-state index in [1.165, 1.54) is 18.2 Å². The number of nitrogens with one attached hydrogen (secondary N) is 2.